The fraction of sp³-hybridized carbons (Fsp3) is 0.818. The van der Waals surface area contributed by atoms with Crippen LogP contribution in [0.3, 0.4) is 0 Å². The number of hydrogen-bond acceptors (Lipinski definition) is 5. The molecular formula is C11H21ClN6O. The van der Waals surface area contributed by atoms with Gasteiger partial charge in [0.1, 0.15) is 12.9 Å². The maximum atomic E-state index is 11.8. The SMILES string of the molecule is Cl.NCC(NC(=O)Cn1cnnn1)C1CCCCC1. The van der Waals surface area contributed by atoms with Gasteiger partial charge in [-0.2, -0.15) is 0 Å². The first-order valence-corrected chi connectivity index (χ1v) is 6.50. The summed E-state index contributed by atoms with van der Waals surface area (Å²) < 4.78 is 1.41. The number of halogens is 1. The molecule has 1 unspecified atom stereocenters. The molecule has 1 aromatic rings. The third-order valence-electron chi connectivity index (χ3n) is 3.52. The van der Waals surface area contributed by atoms with Crippen LogP contribution in [0.25, 0.3) is 0 Å². The van der Waals surface area contributed by atoms with E-state index >= 15 is 0 Å². The summed E-state index contributed by atoms with van der Waals surface area (Å²) in [4.78, 5) is 11.8. The second kappa shape index (κ2) is 8.06. The van der Waals surface area contributed by atoms with E-state index in [0.29, 0.717) is 12.5 Å². The summed E-state index contributed by atoms with van der Waals surface area (Å²) in [5.74, 6) is 0.435. The van der Waals surface area contributed by atoms with Gasteiger partial charge in [0.05, 0.1) is 0 Å². The van der Waals surface area contributed by atoms with Gasteiger partial charge in [0, 0.05) is 12.6 Å². The first kappa shape index (κ1) is 15.8. The Hall–Kier alpha value is -1.21. The maximum absolute atomic E-state index is 11.8. The summed E-state index contributed by atoms with van der Waals surface area (Å²) in [5, 5.41) is 13.6. The van der Waals surface area contributed by atoms with E-state index in [1.807, 2.05) is 0 Å². The highest BCUT2D eigenvalue weighted by atomic mass is 35.5. The second-order valence-electron chi connectivity index (χ2n) is 4.82. The highest BCUT2D eigenvalue weighted by Gasteiger charge is 2.23. The van der Waals surface area contributed by atoms with Crippen molar-refractivity contribution in [3.8, 4) is 0 Å². The van der Waals surface area contributed by atoms with Crippen LogP contribution in [-0.2, 0) is 11.3 Å². The fourth-order valence-corrected chi connectivity index (χ4v) is 2.56. The number of carbonyl (C=O) groups is 1. The van der Waals surface area contributed by atoms with Crippen LogP contribution >= 0.6 is 12.4 Å². The summed E-state index contributed by atoms with van der Waals surface area (Å²) in [7, 11) is 0. The first-order chi connectivity index (χ1) is 8.79. The Kier molecular flexibility index (Phi) is 6.72. The molecule has 1 aromatic heterocycles. The predicted octanol–water partition coefficient (Wildman–Crippen LogP) is 0.119. The lowest BCUT2D eigenvalue weighted by Gasteiger charge is -2.30. The minimum atomic E-state index is -0.0803. The molecule has 0 radical (unpaired) electrons. The third-order valence-corrected chi connectivity index (χ3v) is 3.52. The van der Waals surface area contributed by atoms with Crippen molar-refractivity contribution >= 4 is 18.3 Å². The van der Waals surface area contributed by atoms with Crippen LogP contribution in [0.1, 0.15) is 32.1 Å². The van der Waals surface area contributed by atoms with Crippen LogP contribution in [0.5, 0.6) is 0 Å². The minimum absolute atomic E-state index is 0. The van der Waals surface area contributed by atoms with Crippen LogP contribution in [-0.4, -0.2) is 38.7 Å². The standard InChI is InChI=1S/C11H20N6O.ClH/c12-6-10(9-4-2-1-3-5-9)14-11(18)7-17-8-13-15-16-17;/h8-10H,1-7,12H2,(H,14,18);1H. The molecule has 1 aliphatic rings. The van der Waals surface area contributed by atoms with E-state index in [9.17, 15) is 4.79 Å². The quantitative estimate of drug-likeness (QED) is 0.802. The van der Waals surface area contributed by atoms with Crippen molar-refractivity contribution in [2.75, 3.05) is 6.54 Å². The van der Waals surface area contributed by atoms with E-state index in [1.165, 1.54) is 30.3 Å². The number of nitrogens with zero attached hydrogens (tertiary/aromatic N) is 4. The Morgan fingerprint density at radius 1 is 1.42 bits per heavy atom. The van der Waals surface area contributed by atoms with Crippen molar-refractivity contribution in [2.24, 2.45) is 11.7 Å². The van der Waals surface area contributed by atoms with Crippen LogP contribution in [0.2, 0.25) is 0 Å². The number of rotatable bonds is 5. The monoisotopic (exact) mass is 288 g/mol. The van der Waals surface area contributed by atoms with Gasteiger partial charge in [0.15, 0.2) is 0 Å². The van der Waals surface area contributed by atoms with Gasteiger partial charge in [-0.3, -0.25) is 4.79 Å². The zero-order valence-electron chi connectivity index (χ0n) is 10.9. The molecule has 1 atom stereocenters. The third kappa shape index (κ3) is 4.76. The molecule has 1 amide bonds. The molecule has 0 aromatic carbocycles. The van der Waals surface area contributed by atoms with Crippen LogP contribution in [0, 0.1) is 5.92 Å². The molecule has 1 fully saturated rings. The largest absolute Gasteiger partial charge is 0.350 e. The van der Waals surface area contributed by atoms with Gasteiger partial charge < -0.3 is 11.1 Å². The summed E-state index contributed by atoms with van der Waals surface area (Å²) in [6, 6.07) is 0.0780. The van der Waals surface area contributed by atoms with Gasteiger partial charge in [-0.15, -0.1) is 17.5 Å². The van der Waals surface area contributed by atoms with Crippen molar-refractivity contribution in [1.82, 2.24) is 25.5 Å². The molecule has 2 rings (SSSR count). The van der Waals surface area contributed by atoms with E-state index in [0.717, 1.165) is 12.8 Å². The van der Waals surface area contributed by atoms with Gasteiger partial charge in [-0.1, -0.05) is 19.3 Å². The molecule has 1 saturated carbocycles. The van der Waals surface area contributed by atoms with Crippen LogP contribution in [0.15, 0.2) is 6.33 Å². The molecule has 8 heteroatoms. The number of nitrogens with two attached hydrogens (primary N) is 1. The van der Waals surface area contributed by atoms with Crippen molar-refractivity contribution in [3.05, 3.63) is 6.33 Å². The normalized spacial score (nSPS) is 17.5. The molecule has 108 valence electrons. The highest BCUT2D eigenvalue weighted by molar-refractivity contribution is 5.85. The number of amides is 1. The maximum Gasteiger partial charge on any atom is 0.242 e. The first-order valence-electron chi connectivity index (χ1n) is 6.50. The van der Waals surface area contributed by atoms with Gasteiger partial charge in [0.2, 0.25) is 5.91 Å². The van der Waals surface area contributed by atoms with Crippen molar-refractivity contribution in [2.45, 2.75) is 44.7 Å². The van der Waals surface area contributed by atoms with E-state index in [4.69, 9.17) is 5.73 Å². The highest BCUT2D eigenvalue weighted by Crippen LogP contribution is 2.26. The summed E-state index contributed by atoms with van der Waals surface area (Å²) in [5.41, 5.74) is 5.76. The number of tetrazole rings is 1. The van der Waals surface area contributed by atoms with Gasteiger partial charge in [-0.25, -0.2) is 4.68 Å². The lowest BCUT2D eigenvalue weighted by atomic mass is 9.84. The van der Waals surface area contributed by atoms with E-state index in [2.05, 4.69) is 20.8 Å². The lowest BCUT2D eigenvalue weighted by Crippen LogP contribution is -2.47. The Labute approximate surface area is 118 Å². The van der Waals surface area contributed by atoms with Gasteiger partial charge in [0.25, 0.3) is 0 Å². The van der Waals surface area contributed by atoms with E-state index in [1.54, 1.807) is 0 Å². The average molecular weight is 289 g/mol. The number of aromatic nitrogens is 4. The topological polar surface area (TPSA) is 98.7 Å². The number of nitrogens with one attached hydrogen (secondary N) is 1. The predicted molar refractivity (Wildman–Crippen MR) is 72.6 cm³/mol. The van der Waals surface area contributed by atoms with Crippen molar-refractivity contribution in [1.29, 1.82) is 0 Å². The summed E-state index contributed by atoms with van der Waals surface area (Å²) in [6.07, 6.45) is 7.53. The number of hydrogen-bond donors (Lipinski definition) is 2. The van der Waals surface area contributed by atoms with Gasteiger partial charge in [-0.05, 0) is 29.2 Å². The molecule has 0 saturated heterocycles. The molecule has 19 heavy (non-hydrogen) atoms. The zero-order chi connectivity index (χ0) is 12.8. The van der Waals surface area contributed by atoms with E-state index < -0.39 is 0 Å². The Morgan fingerprint density at radius 3 is 2.74 bits per heavy atom. The van der Waals surface area contributed by atoms with Crippen LogP contribution < -0.4 is 11.1 Å². The fourth-order valence-electron chi connectivity index (χ4n) is 2.56. The number of carbonyl (C=O) groups excluding carboxylic acids is 1. The lowest BCUT2D eigenvalue weighted by molar-refractivity contribution is -0.123. The zero-order valence-corrected chi connectivity index (χ0v) is 11.7. The second-order valence-corrected chi connectivity index (χ2v) is 4.82. The molecular weight excluding hydrogens is 268 g/mol. The molecule has 1 heterocycles. The molecule has 3 N–H and O–H groups in total. The van der Waals surface area contributed by atoms with Gasteiger partial charge >= 0.3 is 0 Å². The summed E-state index contributed by atoms with van der Waals surface area (Å²) >= 11 is 0. The molecule has 1 aliphatic carbocycles. The molecule has 0 aliphatic heterocycles. The molecule has 7 nitrogen and oxygen atoms in total. The Balaban J connectivity index is 0.00000180. The Bertz CT molecular complexity index is 365. The molecule has 0 bridgehead atoms. The van der Waals surface area contributed by atoms with Crippen molar-refractivity contribution < 1.29 is 4.79 Å². The Morgan fingerprint density at radius 2 is 2.16 bits per heavy atom. The van der Waals surface area contributed by atoms with E-state index in [-0.39, 0.29) is 30.9 Å². The minimum Gasteiger partial charge on any atom is -0.350 e. The summed E-state index contributed by atoms with van der Waals surface area (Å²) in [6.45, 7) is 0.641. The van der Waals surface area contributed by atoms with Crippen molar-refractivity contribution in [3.63, 3.8) is 0 Å². The van der Waals surface area contributed by atoms with Crippen LogP contribution in [0.4, 0.5) is 0 Å². The smallest absolute Gasteiger partial charge is 0.242 e. The molecule has 0 spiro atoms. The average Bonchev–Trinajstić information content (AvgIpc) is 2.90.